The minimum absolute atomic E-state index is 0.369. The Kier molecular flexibility index (Phi) is 4.74. The summed E-state index contributed by atoms with van der Waals surface area (Å²) in [4.78, 5) is 13.7. The van der Waals surface area contributed by atoms with E-state index >= 15 is 0 Å². The van der Waals surface area contributed by atoms with Crippen molar-refractivity contribution >= 4 is 5.78 Å². The Morgan fingerprint density at radius 2 is 2.20 bits per heavy atom. The van der Waals surface area contributed by atoms with Gasteiger partial charge in [-0.3, -0.25) is 9.69 Å². The van der Waals surface area contributed by atoms with Gasteiger partial charge in [-0.25, -0.2) is 0 Å². The Labute approximate surface area is 92.8 Å². The zero-order chi connectivity index (χ0) is 11.4. The molecule has 0 aromatic rings. The molecule has 0 N–H and O–H groups in total. The number of nitrogens with zero attached hydrogens (tertiary/aromatic N) is 1. The van der Waals surface area contributed by atoms with Crippen LogP contribution in [0.3, 0.4) is 0 Å². The number of rotatable bonds is 4. The highest BCUT2D eigenvalue weighted by atomic mass is 16.5. The number of piperidine rings is 1. The van der Waals surface area contributed by atoms with Crippen LogP contribution in [0.15, 0.2) is 0 Å². The number of methoxy groups -OCH3 is 1. The number of carbonyl (C=O) groups excluding carboxylic acids is 1. The van der Waals surface area contributed by atoms with Gasteiger partial charge in [0.25, 0.3) is 0 Å². The molecule has 1 rings (SSSR count). The lowest BCUT2D eigenvalue weighted by atomic mass is 9.95. The summed E-state index contributed by atoms with van der Waals surface area (Å²) in [5.41, 5.74) is 0. The lowest BCUT2D eigenvalue weighted by Gasteiger charge is -2.40. The van der Waals surface area contributed by atoms with Crippen molar-refractivity contribution in [3.63, 3.8) is 0 Å². The summed E-state index contributed by atoms with van der Waals surface area (Å²) in [6, 6.07) is 0.812. The lowest BCUT2D eigenvalue weighted by molar-refractivity contribution is -0.124. The first-order chi connectivity index (χ1) is 7.06. The number of ether oxygens (including phenoxy) is 1. The molecule has 3 nitrogen and oxygen atoms in total. The quantitative estimate of drug-likeness (QED) is 0.712. The summed E-state index contributed by atoms with van der Waals surface area (Å²) in [5.74, 6) is 0.972. The van der Waals surface area contributed by atoms with Gasteiger partial charge in [0.15, 0.2) is 0 Å². The van der Waals surface area contributed by atoms with Crippen LogP contribution in [0.5, 0.6) is 0 Å². The van der Waals surface area contributed by atoms with Crippen molar-refractivity contribution in [1.29, 1.82) is 0 Å². The summed E-state index contributed by atoms with van der Waals surface area (Å²) in [5, 5.41) is 0. The predicted octanol–water partition coefficient (Wildman–Crippen LogP) is 1.71. The van der Waals surface area contributed by atoms with Gasteiger partial charge in [0.05, 0.1) is 6.61 Å². The second-order valence-corrected chi connectivity index (χ2v) is 4.85. The van der Waals surface area contributed by atoms with Crippen LogP contribution in [0.4, 0.5) is 0 Å². The van der Waals surface area contributed by atoms with Crippen molar-refractivity contribution < 1.29 is 9.53 Å². The molecular weight excluding hydrogens is 190 g/mol. The van der Waals surface area contributed by atoms with E-state index in [9.17, 15) is 4.79 Å². The van der Waals surface area contributed by atoms with E-state index < -0.39 is 0 Å². The minimum atomic E-state index is 0.369. The normalized spacial score (nSPS) is 25.9. The third-order valence-electron chi connectivity index (χ3n) is 3.27. The van der Waals surface area contributed by atoms with Gasteiger partial charge in [-0.2, -0.15) is 0 Å². The first-order valence-corrected chi connectivity index (χ1v) is 5.82. The third-order valence-corrected chi connectivity index (χ3v) is 3.27. The van der Waals surface area contributed by atoms with Gasteiger partial charge in [-0.1, -0.05) is 13.8 Å². The Morgan fingerprint density at radius 1 is 1.53 bits per heavy atom. The molecule has 2 unspecified atom stereocenters. The molecular formula is C12H23NO2. The van der Waals surface area contributed by atoms with Crippen molar-refractivity contribution in [3.05, 3.63) is 0 Å². The average Bonchev–Trinajstić information content (AvgIpc) is 2.15. The second kappa shape index (κ2) is 5.61. The van der Waals surface area contributed by atoms with Crippen molar-refractivity contribution in [1.82, 2.24) is 4.90 Å². The molecule has 0 aromatic heterocycles. The van der Waals surface area contributed by atoms with Gasteiger partial charge >= 0.3 is 0 Å². The van der Waals surface area contributed by atoms with E-state index in [0.29, 0.717) is 36.6 Å². The smallest absolute Gasteiger partial charge is 0.135 e. The molecule has 2 atom stereocenters. The van der Waals surface area contributed by atoms with Gasteiger partial charge in [0.1, 0.15) is 5.78 Å². The molecule has 0 bridgehead atoms. The van der Waals surface area contributed by atoms with Crippen LogP contribution in [0.1, 0.15) is 33.6 Å². The fourth-order valence-corrected chi connectivity index (χ4v) is 2.36. The Morgan fingerprint density at radius 3 is 2.67 bits per heavy atom. The maximum absolute atomic E-state index is 11.3. The van der Waals surface area contributed by atoms with Gasteiger partial charge in [-0.15, -0.1) is 0 Å². The molecule has 0 aromatic carbocycles. The Bertz CT molecular complexity index is 216. The van der Waals surface area contributed by atoms with E-state index in [-0.39, 0.29) is 0 Å². The molecule has 1 aliphatic heterocycles. The van der Waals surface area contributed by atoms with Gasteiger partial charge in [-0.05, 0) is 12.8 Å². The van der Waals surface area contributed by atoms with Crippen molar-refractivity contribution in [2.24, 2.45) is 5.92 Å². The molecule has 1 aliphatic rings. The molecule has 0 saturated carbocycles. The number of Topliss-reactive ketones (excluding diaryl/α,β-unsaturated/α-hetero) is 1. The van der Waals surface area contributed by atoms with Crippen LogP contribution in [0.2, 0.25) is 0 Å². The maximum Gasteiger partial charge on any atom is 0.135 e. The zero-order valence-corrected chi connectivity index (χ0v) is 10.3. The molecule has 15 heavy (non-hydrogen) atoms. The van der Waals surface area contributed by atoms with E-state index in [1.54, 1.807) is 7.11 Å². The summed E-state index contributed by atoms with van der Waals surface area (Å²) in [7, 11) is 1.75. The average molecular weight is 213 g/mol. The van der Waals surface area contributed by atoms with Crippen LogP contribution < -0.4 is 0 Å². The molecule has 1 saturated heterocycles. The first-order valence-electron chi connectivity index (χ1n) is 5.82. The number of hydrogen-bond donors (Lipinski definition) is 0. The van der Waals surface area contributed by atoms with Crippen LogP contribution in [0, 0.1) is 5.92 Å². The fraction of sp³-hybridized carbons (Fsp3) is 0.917. The second-order valence-electron chi connectivity index (χ2n) is 4.85. The SMILES string of the molecule is COCC(C(C)C)N1CCC(=O)CC1C. The standard InChI is InChI=1S/C12H23NO2/c1-9(2)12(8-15-4)13-6-5-11(14)7-10(13)3/h9-10,12H,5-8H2,1-4H3. The highest BCUT2D eigenvalue weighted by molar-refractivity contribution is 5.79. The number of hydrogen-bond acceptors (Lipinski definition) is 3. The van der Waals surface area contributed by atoms with E-state index in [1.165, 1.54) is 0 Å². The van der Waals surface area contributed by atoms with Crippen LogP contribution in [0.25, 0.3) is 0 Å². The van der Waals surface area contributed by atoms with Crippen LogP contribution in [-0.2, 0) is 9.53 Å². The monoisotopic (exact) mass is 213 g/mol. The maximum atomic E-state index is 11.3. The number of ketones is 1. The van der Waals surface area contributed by atoms with Gasteiger partial charge in [0.2, 0.25) is 0 Å². The lowest BCUT2D eigenvalue weighted by Crippen LogP contribution is -2.51. The van der Waals surface area contributed by atoms with Gasteiger partial charge in [0, 0.05) is 38.6 Å². The summed E-state index contributed by atoms with van der Waals surface area (Å²) in [6.07, 6.45) is 1.41. The molecule has 0 radical (unpaired) electrons. The third kappa shape index (κ3) is 3.28. The summed E-state index contributed by atoms with van der Waals surface area (Å²) < 4.78 is 5.27. The summed E-state index contributed by atoms with van der Waals surface area (Å²) in [6.45, 7) is 8.23. The zero-order valence-electron chi connectivity index (χ0n) is 10.3. The molecule has 0 amide bonds. The van der Waals surface area contributed by atoms with Crippen molar-refractivity contribution in [2.75, 3.05) is 20.3 Å². The largest absolute Gasteiger partial charge is 0.383 e. The van der Waals surface area contributed by atoms with E-state index in [2.05, 4.69) is 25.7 Å². The predicted molar refractivity (Wildman–Crippen MR) is 60.9 cm³/mol. The van der Waals surface area contributed by atoms with Crippen molar-refractivity contribution in [3.8, 4) is 0 Å². The Balaban J connectivity index is 2.62. The number of likely N-dealkylation sites (tertiary alicyclic amines) is 1. The molecule has 1 heterocycles. The number of carbonyl (C=O) groups is 1. The molecule has 1 fully saturated rings. The summed E-state index contributed by atoms with van der Waals surface area (Å²) >= 11 is 0. The van der Waals surface area contributed by atoms with E-state index in [1.807, 2.05) is 0 Å². The molecule has 88 valence electrons. The van der Waals surface area contributed by atoms with E-state index in [4.69, 9.17) is 4.74 Å². The van der Waals surface area contributed by atoms with Gasteiger partial charge < -0.3 is 4.74 Å². The fourth-order valence-electron chi connectivity index (χ4n) is 2.36. The molecule has 0 aliphatic carbocycles. The Hall–Kier alpha value is -0.410. The highest BCUT2D eigenvalue weighted by Gasteiger charge is 2.30. The molecule has 3 heteroatoms. The minimum Gasteiger partial charge on any atom is -0.383 e. The first kappa shape index (κ1) is 12.7. The molecule has 0 spiro atoms. The topological polar surface area (TPSA) is 29.5 Å². The van der Waals surface area contributed by atoms with Crippen LogP contribution >= 0.6 is 0 Å². The van der Waals surface area contributed by atoms with Crippen LogP contribution in [-0.4, -0.2) is 43.0 Å². The van der Waals surface area contributed by atoms with Crippen molar-refractivity contribution in [2.45, 2.75) is 45.7 Å². The highest BCUT2D eigenvalue weighted by Crippen LogP contribution is 2.21. The van der Waals surface area contributed by atoms with E-state index in [0.717, 1.165) is 13.2 Å².